The lowest BCUT2D eigenvalue weighted by atomic mass is 10.1. The van der Waals surface area contributed by atoms with Crippen molar-refractivity contribution in [3.05, 3.63) is 59.9 Å². The van der Waals surface area contributed by atoms with E-state index >= 15 is 0 Å². The molecule has 0 saturated heterocycles. The summed E-state index contributed by atoms with van der Waals surface area (Å²) in [5.74, 6) is -0.232. The standard InChI is InChI=1S/C16H11FN2OS/c17-11-7-5-10(6-8-11)14-9-15(20)19-13-4-2-1-3-12(13)18-16(19)21-14/h1-8,14H,9H2/t14-/m1/s1. The van der Waals surface area contributed by atoms with Gasteiger partial charge in [0.1, 0.15) is 5.82 Å². The monoisotopic (exact) mass is 298 g/mol. The van der Waals surface area contributed by atoms with Gasteiger partial charge in [0, 0.05) is 11.7 Å². The molecule has 1 atom stereocenters. The maximum Gasteiger partial charge on any atom is 0.234 e. The number of hydrogen-bond donors (Lipinski definition) is 0. The van der Waals surface area contributed by atoms with E-state index in [2.05, 4.69) is 4.98 Å². The summed E-state index contributed by atoms with van der Waals surface area (Å²) >= 11 is 1.55. The van der Waals surface area contributed by atoms with Gasteiger partial charge >= 0.3 is 0 Å². The fourth-order valence-corrected chi connectivity index (χ4v) is 3.84. The zero-order valence-corrected chi connectivity index (χ0v) is 11.8. The lowest BCUT2D eigenvalue weighted by Crippen LogP contribution is -2.19. The molecule has 0 fully saturated rings. The molecule has 1 aliphatic heterocycles. The normalized spacial score (nSPS) is 18.0. The van der Waals surface area contributed by atoms with Gasteiger partial charge in [-0.1, -0.05) is 36.0 Å². The lowest BCUT2D eigenvalue weighted by molar-refractivity contribution is 0.0891. The number of benzene rings is 2. The summed E-state index contributed by atoms with van der Waals surface area (Å²) < 4.78 is 14.7. The number of thioether (sulfide) groups is 1. The minimum absolute atomic E-state index is 0.0117. The van der Waals surface area contributed by atoms with Gasteiger partial charge in [0.05, 0.1) is 11.0 Å². The average molecular weight is 298 g/mol. The molecule has 2 heterocycles. The third-order valence-corrected chi connectivity index (χ3v) is 4.84. The molecule has 0 amide bonds. The highest BCUT2D eigenvalue weighted by Crippen LogP contribution is 2.42. The number of aromatic nitrogens is 2. The van der Waals surface area contributed by atoms with E-state index in [0.29, 0.717) is 11.6 Å². The van der Waals surface area contributed by atoms with Crippen molar-refractivity contribution in [2.45, 2.75) is 16.8 Å². The van der Waals surface area contributed by atoms with Crippen molar-refractivity contribution in [2.24, 2.45) is 0 Å². The quantitative estimate of drug-likeness (QED) is 0.679. The molecular weight excluding hydrogens is 287 g/mol. The largest absolute Gasteiger partial charge is 0.274 e. The Morgan fingerprint density at radius 2 is 1.90 bits per heavy atom. The molecule has 104 valence electrons. The maximum absolute atomic E-state index is 13.0. The van der Waals surface area contributed by atoms with Crippen molar-refractivity contribution < 1.29 is 9.18 Å². The first-order valence-corrected chi connectivity index (χ1v) is 7.53. The summed E-state index contributed by atoms with van der Waals surface area (Å²) in [5, 5.41) is 0.698. The Kier molecular flexibility index (Phi) is 2.82. The SMILES string of the molecule is O=C1C[C@H](c2ccc(F)cc2)Sc2nc3ccccc3n21. The predicted octanol–water partition coefficient (Wildman–Crippen LogP) is 4.05. The molecule has 4 rings (SSSR count). The summed E-state index contributed by atoms with van der Waals surface area (Å²) in [4.78, 5) is 17.0. The Morgan fingerprint density at radius 1 is 1.14 bits per heavy atom. The first-order chi connectivity index (χ1) is 10.2. The molecule has 3 aromatic rings. The van der Waals surface area contributed by atoms with Gasteiger partial charge in [0.15, 0.2) is 5.16 Å². The van der Waals surface area contributed by atoms with Crippen LogP contribution < -0.4 is 0 Å². The number of hydrogen-bond acceptors (Lipinski definition) is 3. The lowest BCUT2D eigenvalue weighted by Gasteiger charge is -2.22. The summed E-state index contributed by atoms with van der Waals surface area (Å²) in [5.41, 5.74) is 2.63. The van der Waals surface area contributed by atoms with Gasteiger partial charge in [-0.15, -0.1) is 0 Å². The van der Waals surface area contributed by atoms with E-state index in [0.717, 1.165) is 16.6 Å². The maximum atomic E-state index is 13.0. The van der Waals surface area contributed by atoms with Crippen LogP contribution in [0.5, 0.6) is 0 Å². The van der Waals surface area contributed by atoms with E-state index in [-0.39, 0.29) is 17.0 Å². The van der Waals surface area contributed by atoms with E-state index in [1.54, 1.807) is 28.5 Å². The van der Waals surface area contributed by atoms with Crippen molar-refractivity contribution in [3.63, 3.8) is 0 Å². The highest BCUT2D eigenvalue weighted by atomic mass is 32.2. The van der Waals surface area contributed by atoms with Crippen LogP contribution in [0.3, 0.4) is 0 Å². The smallest absolute Gasteiger partial charge is 0.234 e. The Balaban J connectivity index is 1.78. The van der Waals surface area contributed by atoms with Crippen LogP contribution in [0.15, 0.2) is 53.7 Å². The van der Waals surface area contributed by atoms with Gasteiger partial charge in [-0.05, 0) is 29.8 Å². The van der Waals surface area contributed by atoms with Crippen LogP contribution in [-0.4, -0.2) is 15.5 Å². The number of nitrogens with zero attached hydrogens (tertiary/aromatic N) is 2. The molecule has 21 heavy (non-hydrogen) atoms. The zero-order valence-electron chi connectivity index (χ0n) is 11.0. The minimum Gasteiger partial charge on any atom is -0.274 e. The van der Waals surface area contributed by atoms with Crippen molar-refractivity contribution >= 4 is 28.7 Å². The van der Waals surface area contributed by atoms with Gasteiger partial charge in [0.2, 0.25) is 5.91 Å². The van der Waals surface area contributed by atoms with Gasteiger partial charge < -0.3 is 0 Å². The number of carbonyl (C=O) groups is 1. The highest BCUT2D eigenvalue weighted by Gasteiger charge is 2.29. The third-order valence-electron chi connectivity index (χ3n) is 3.63. The Hall–Kier alpha value is -2.14. The number of imidazole rings is 1. The Labute approximate surface area is 124 Å². The van der Waals surface area contributed by atoms with E-state index < -0.39 is 0 Å². The molecule has 3 nitrogen and oxygen atoms in total. The van der Waals surface area contributed by atoms with Crippen molar-refractivity contribution in [1.82, 2.24) is 9.55 Å². The molecule has 0 spiro atoms. The van der Waals surface area contributed by atoms with Gasteiger partial charge in [-0.3, -0.25) is 9.36 Å². The molecule has 1 aromatic heterocycles. The molecule has 0 radical (unpaired) electrons. The summed E-state index contributed by atoms with van der Waals surface area (Å²) in [6.07, 6.45) is 0.393. The van der Waals surface area contributed by atoms with Crippen LogP contribution in [0.1, 0.15) is 22.0 Å². The number of rotatable bonds is 1. The molecule has 0 unspecified atom stereocenters. The second kappa shape index (κ2) is 4.70. The number of carbonyl (C=O) groups excluding carboxylic acids is 1. The molecule has 0 saturated carbocycles. The molecule has 0 N–H and O–H groups in total. The fraction of sp³-hybridized carbons (Fsp3) is 0.125. The van der Waals surface area contributed by atoms with E-state index in [1.807, 2.05) is 24.3 Å². The molecule has 0 bridgehead atoms. The van der Waals surface area contributed by atoms with Crippen LogP contribution in [0.25, 0.3) is 11.0 Å². The van der Waals surface area contributed by atoms with Gasteiger partial charge in [-0.2, -0.15) is 0 Å². The topological polar surface area (TPSA) is 34.9 Å². The van der Waals surface area contributed by atoms with Gasteiger partial charge in [-0.25, -0.2) is 9.37 Å². The van der Waals surface area contributed by atoms with Gasteiger partial charge in [0.25, 0.3) is 0 Å². The van der Waals surface area contributed by atoms with Crippen LogP contribution >= 0.6 is 11.8 Å². The fourth-order valence-electron chi connectivity index (χ4n) is 2.61. The molecule has 0 aliphatic carbocycles. The zero-order chi connectivity index (χ0) is 14.4. The summed E-state index contributed by atoms with van der Waals surface area (Å²) in [6.45, 7) is 0. The van der Waals surface area contributed by atoms with Crippen molar-refractivity contribution in [2.75, 3.05) is 0 Å². The van der Waals surface area contributed by atoms with E-state index in [9.17, 15) is 9.18 Å². The second-order valence-electron chi connectivity index (χ2n) is 4.97. The van der Waals surface area contributed by atoms with Crippen LogP contribution in [0.4, 0.5) is 4.39 Å². The Bertz CT molecular complexity index is 841. The summed E-state index contributed by atoms with van der Waals surface area (Å²) in [6, 6.07) is 14.0. The molecule has 5 heteroatoms. The highest BCUT2D eigenvalue weighted by molar-refractivity contribution is 7.99. The first-order valence-electron chi connectivity index (χ1n) is 6.65. The predicted molar refractivity (Wildman–Crippen MR) is 80.0 cm³/mol. The molecule has 2 aromatic carbocycles. The van der Waals surface area contributed by atoms with Crippen LogP contribution in [0.2, 0.25) is 0 Å². The van der Waals surface area contributed by atoms with Crippen LogP contribution in [-0.2, 0) is 0 Å². The van der Waals surface area contributed by atoms with E-state index in [4.69, 9.17) is 0 Å². The van der Waals surface area contributed by atoms with Crippen LogP contribution in [0, 0.1) is 5.82 Å². The second-order valence-corrected chi connectivity index (χ2v) is 6.14. The Morgan fingerprint density at radius 3 is 2.71 bits per heavy atom. The number of fused-ring (bicyclic) bond motifs is 3. The first kappa shape index (κ1) is 12.6. The van der Waals surface area contributed by atoms with Crippen molar-refractivity contribution in [3.8, 4) is 0 Å². The molecule has 1 aliphatic rings. The minimum atomic E-state index is -0.266. The summed E-state index contributed by atoms with van der Waals surface area (Å²) in [7, 11) is 0. The number of para-hydroxylation sites is 2. The average Bonchev–Trinajstić information content (AvgIpc) is 2.86. The van der Waals surface area contributed by atoms with E-state index in [1.165, 1.54) is 12.1 Å². The number of halogens is 1. The third kappa shape index (κ3) is 2.05. The molecular formula is C16H11FN2OS. The van der Waals surface area contributed by atoms with Crippen molar-refractivity contribution in [1.29, 1.82) is 0 Å².